The van der Waals surface area contributed by atoms with Gasteiger partial charge in [-0.15, -0.1) is 0 Å². The summed E-state index contributed by atoms with van der Waals surface area (Å²) in [4.78, 5) is 24.2. The maximum absolute atomic E-state index is 12.1. The number of carboxylic acid groups (broad SMARTS) is 1. The van der Waals surface area contributed by atoms with Gasteiger partial charge in [0.25, 0.3) is 0 Å². The van der Waals surface area contributed by atoms with Gasteiger partial charge >= 0.3 is 5.97 Å². The molecule has 5 nitrogen and oxygen atoms in total. The molecule has 5 heteroatoms. The fourth-order valence-electron chi connectivity index (χ4n) is 1.69. The summed E-state index contributed by atoms with van der Waals surface area (Å²) in [6.07, 6.45) is 0.138. The molecular formula is C15H21NO4. The number of carbonyl (C=O) groups excluding carboxylic acids is 1. The van der Waals surface area contributed by atoms with Crippen LogP contribution in [-0.2, 0) is 16.0 Å². The predicted molar refractivity (Wildman–Crippen MR) is 75.8 cm³/mol. The van der Waals surface area contributed by atoms with E-state index < -0.39 is 12.0 Å². The number of para-hydroxylation sites is 1. The lowest BCUT2D eigenvalue weighted by molar-refractivity contribution is -0.148. The number of benzene rings is 1. The highest BCUT2D eigenvalue weighted by atomic mass is 16.5. The van der Waals surface area contributed by atoms with Gasteiger partial charge in [-0.25, -0.2) is 4.79 Å². The molecule has 0 aromatic heterocycles. The van der Waals surface area contributed by atoms with Crippen LogP contribution in [0.15, 0.2) is 24.3 Å². The Hall–Kier alpha value is -2.04. The van der Waals surface area contributed by atoms with E-state index in [2.05, 4.69) is 0 Å². The van der Waals surface area contributed by atoms with E-state index in [0.29, 0.717) is 5.75 Å². The molecule has 0 radical (unpaired) electrons. The van der Waals surface area contributed by atoms with Crippen molar-refractivity contribution in [1.82, 2.24) is 4.90 Å². The zero-order valence-electron chi connectivity index (χ0n) is 12.3. The molecule has 1 rings (SSSR count). The smallest absolute Gasteiger partial charge is 0.326 e. The van der Waals surface area contributed by atoms with Crippen LogP contribution >= 0.6 is 0 Å². The molecule has 0 bridgehead atoms. The zero-order chi connectivity index (χ0) is 15.3. The second kappa shape index (κ2) is 6.93. The van der Waals surface area contributed by atoms with Crippen molar-refractivity contribution < 1.29 is 19.4 Å². The van der Waals surface area contributed by atoms with Gasteiger partial charge < -0.3 is 14.7 Å². The molecule has 1 unspecified atom stereocenters. The van der Waals surface area contributed by atoms with Crippen LogP contribution in [0.4, 0.5) is 0 Å². The van der Waals surface area contributed by atoms with Crippen LogP contribution in [0.3, 0.4) is 0 Å². The number of amides is 1. The molecule has 0 saturated carbocycles. The molecule has 0 spiro atoms. The molecule has 0 fully saturated rings. The molecular weight excluding hydrogens is 258 g/mol. The Balaban J connectivity index is 2.83. The normalized spacial score (nSPS) is 12.1. The first kappa shape index (κ1) is 16.0. The summed E-state index contributed by atoms with van der Waals surface area (Å²) in [6, 6.07) is 6.45. The van der Waals surface area contributed by atoms with Gasteiger partial charge in [-0.1, -0.05) is 18.2 Å². The van der Waals surface area contributed by atoms with Crippen LogP contribution in [0.1, 0.15) is 26.3 Å². The fraction of sp³-hybridized carbons (Fsp3) is 0.467. The highest BCUT2D eigenvalue weighted by Gasteiger charge is 2.22. The molecule has 0 saturated heterocycles. The van der Waals surface area contributed by atoms with E-state index in [4.69, 9.17) is 9.84 Å². The van der Waals surface area contributed by atoms with Gasteiger partial charge in [0, 0.05) is 12.6 Å². The average molecular weight is 279 g/mol. The number of likely N-dealkylation sites (N-methyl/N-ethyl adjacent to an activating group) is 1. The Labute approximate surface area is 119 Å². The molecule has 0 aliphatic heterocycles. The van der Waals surface area contributed by atoms with E-state index in [0.717, 1.165) is 5.56 Å². The molecule has 0 aliphatic rings. The van der Waals surface area contributed by atoms with Crippen LogP contribution in [-0.4, -0.2) is 41.1 Å². The highest BCUT2D eigenvalue weighted by Crippen LogP contribution is 2.20. The number of nitrogens with zero attached hydrogens (tertiary/aromatic N) is 1. The van der Waals surface area contributed by atoms with Gasteiger partial charge in [-0.3, -0.25) is 4.79 Å². The average Bonchev–Trinajstić information content (AvgIpc) is 2.38. The van der Waals surface area contributed by atoms with Crippen molar-refractivity contribution in [2.45, 2.75) is 39.3 Å². The number of carboxylic acids is 1. The van der Waals surface area contributed by atoms with E-state index in [1.807, 2.05) is 38.1 Å². The van der Waals surface area contributed by atoms with Crippen molar-refractivity contribution in [3.63, 3.8) is 0 Å². The molecule has 0 aliphatic carbocycles. The minimum Gasteiger partial charge on any atom is -0.491 e. The first-order chi connectivity index (χ1) is 9.32. The van der Waals surface area contributed by atoms with Crippen molar-refractivity contribution in [2.24, 2.45) is 0 Å². The third-order valence-electron chi connectivity index (χ3n) is 3.01. The van der Waals surface area contributed by atoms with E-state index in [1.54, 1.807) is 0 Å². The van der Waals surface area contributed by atoms with Crippen LogP contribution in [0, 0.1) is 0 Å². The third kappa shape index (κ3) is 4.26. The van der Waals surface area contributed by atoms with Crippen molar-refractivity contribution in [3.05, 3.63) is 29.8 Å². The van der Waals surface area contributed by atoms with Gasteiger partial charge in [0.15, 0.2) is 0 Å². The van der Waals surface area contributed by atoms with E-state index in [9.17, 15) is 9.59 Å². The van der Waals surface area contributed by atoms with E-state index in [-0.39, 0.29) is 18.4 Å². The van der Waals surface area contributed by atoms with Gasteiger partial charge in [0.1, 0.15) is 11.8 Å². The first-order valence-corrected chi connectivity index (χ1v) is 6.56. The quantitative estimate of drug-likeness (QED) is 0.864. The summed E-state index contributed by atoms with van der Waals surface area (Å²) < 4.78 is 5.65. The summed E-state index contributed by atoms with van der Waals surface area (Å²) >= 11 is 0. The lowest BCUT2D eigenvalue weighted by atomic mass is 10.1. The Kier molecular flexibility index (Phi) is 5.55. The van der Waals surface area contributed by atoms with E-state index in [1.165, 1.54) is 18.9 Å². The summed E-state index contributed by atoms with van der Waals surface area (Å²) in [5.41, 5.74) is 0.760. The number of hydrogen-bond acceptors (Lipinski definition) is 3. The summed E-state index contributed by atoms with van der Waals surface area (Å²) in [5.74, 6) is -0.612. The number of hydrogen-bond donors (Lipinski definition) is 1. The first-order valence-electron chi connectivity index (χ1n) is 6.56. The van der Waals surface area contributed by atoms with Gasteiger partial charge in [0.2, 0.25) is 5.91 Å². The molecule has 1 atom stereocenters. The summed E-state index contributed by atoms with van der Waals surface area (Å²) in [7, 11) is 1.49. The van der Waals surface area contributed by atoms with Crippen LogP contribution in [0.5, 0.6) is 5.75 Å². The second-order valence-electron chi connectivity index (χ2n) is 4.97. The Morgan fingerprint density at radius 1 is 1.25 bits per heavy atom. The Morgan fingerprint density at radius 2 is 1.85 bits per heavy atom. The van der Waals surface area contributed by atoms with Gasteiger partial charge in [-0.05, 0) is 26.8 Å². The lowest BCUT2D eigenvalue weighted by Crippen LogP contribution is -2.41. The lowest BCUT2D eigenvalue weighted by Gasteiger charge is -2.22. The Bertz CT molecular complexity index is 485. The van der Waals surface area contributed by atoms with Crippen LogP contribution in [0.25, 0.3) is 0 Å². The van der Waals surface area contributed by atoms with Crippen molar-refractivity contribution >= 4 is 11.9 Å². The maximum Gasteiger partial charge on any atom is 0.326 e. The molecule has 110 valence electrons. The summed E-state index contributed by atoms with van der Waals surface area (Å²) in [6.45, 7) is 5.31. The van der Waals surface area contributed by atoms with E-state index >= 15 is 0 Å². The molecule has 20 heavy (non-hydrogen) atoms. The number of rotatable bonds is 6. The number of ether oxygens (including phenoxy) is 1. The van der Waals surface area contributed by atoms with Crippen molar-refractivity contribution in [3.8, 4) is 5.75 Å². The van der Waals surface area contributed by atoms with Crippen molar-refractivity contribution in [2.75, 3.05) is 7.05 Å². The largest absolute Gasteiger partial charge is 0.491 e. The van der Waals surface area contributed by atoms with Crippen molar-refractivity contribution in [1.29, 1.82) is 0 Å². The standard InChI is InChI=1S/C15H21NO4/c1-10(2)20-13-8-6-5-7-12(13)9-14(17)16(4)11(3)15(18)19/h5-8,10-11H,9H2,1-4H3,(H,18,19). The zero-order valence-corrected chi connectivity index (χ0v) is 12.3. The fourth-order valence-corrected chi connectivity index (χ4v) is 1.69. The predicted octanol–water partition coefficient (Wildman–Crippen LogP) is 1.95. The second-order valence-corrected chi connectivity index (χ2v) is 4.97. The minimum atomic E-state index is -1.02. The Morgan fingerprint density at radius 3 is 2.40 bits per heavy atom. The number of carbonyl (C=O) groups is 2. The molecule has 1 aromatic rings. The van der Waals surface area contributed by atoms with Crippen LogP contribution in [0.2, 0.25) is 0 Å². The SMILES string of the molecule is CC(C)Oc1ccccc1CC(=O)N(C)C(C)C(=O)O. The van der Waals surface area contributed by atoms with Gasteiger partial charge in [-0.2, -0.15) is 0 Å². The summed E-state index contributed by atoms with van der Waals surface area (Å²) in [5, 5.41) is 8.92. The number of aliphatic carboxylic acids is 1. The maximum atomic E-state index is 12.1. The molecule has 1 N–H and O–H groups in total. The third-order valence-corrected chi connectivity index (χ3v) is 3.01. The minimum absolute atomic E-state index is 0.0157. The molecule has 1 amide bonds. The topological polar surface area (TPSA) is 66.8 Å². The highest BCUT2D eigenvalue weighted by molar-refractivity contribution is 5.84. The molecule has 0 heterocycles. The van der Waals surface area contributed by atoms with Crippen LogP contribution < -0.4 is 4.74 Å². The van der Waals surface area contributed by atoms with Gasteiger partial charge in [0.05, 0.1) is 12.5 Å². The molecule has 1 aromatic carbocycles. The monoisotopic (exact) mass is 279 g/mol.